The Labute approximate surface area is 173 Å². The molecule has 2 aromatic heterocycles. The van der Waals surface area contributed by atoms with Crippen LogP contribution in [0.1, 0.15) is 40.7 Å². The van der Waals surface area contributed by atoms with E-state index in [9.17, 15) is 4.79 Å². The highest BCUT2D eigenvalue weighted by atomic mass is 35.5. The fraction of sp³-hybridized carbons (Fsp3) is 0.300. The van der Waals surface area contributed by atoms with Crippen LogP contribution in [0.3, 0.4) is 0 Å². The molecule has 4 rings (SSSR count). The van der Waals surface area contributed by atoms with Crippen LogP contribution in [0.4, 0.5) is 16.6 Å². The maximum absolute atomic E-state index is 12.4. The average molecular weight is 416 g/mol. The number of aromatic nitrogens is 3. The van der Waals surface area contributed by atoms with Gasteiger partial charge in [0.1, 0.15) is 4.88 Å². The van der Waals surface area contributed by atoms with E-state index in [-0.39, 0.29) is 5.91 Å². The van der Waals surface area contributed by atoms with Crippen LogP contribution in [-0.2, 0) is 0 Å². The predicted molar refractivity (Wildman–Crippen MR) is 115 cm³/mol. The molecule has 1 amide bonds. The number of halogens is 1. The summed E-state index contributed by atoms with van der Waals surface area (Å²) in [7, 11) is 0. The van der Waals surface area contributed by atoms with E-state index in [2.05, 4.69) is 32.5 Å². The van der Waals surface area contributed by atoms with Crippen molar-refractivity contribution in [3.63, 3.8) is 0 Å². The molecule has 1 aromatic carbocycles. The zero-order chi connectivity index (χ0) is 20.1. The van der Waals surface area contributed by atoms with Crippen molar-refractivity contribution in [2.75, 3.05) is 10.6 Å². The second-order valence-corrected chi connectivity index (χ2v) is 8.15. The van der Waals surface area contributed by atoms with E-state index in [1.165, 1.54) is 30.4 Å². The average Bonchev–Trinajstić information content (AvgIpc) is 3.30. The summed E-state index contributed by atoms with van der Waals surface area (Å²) in [6.45, 7) is 6.01. The minimum Gasteiger partial charge on any atom is -0.320 e. The number of rotatable bonds is 4. The molecule has 0 saturated heterocycles. The molecule has 2 N–H and O–H groups in total. The van der Waals surface area contributed by atoms with Crippen LogP contribution in [0, 0.1) is 19.8 Å². The second-order valence-electron chi connectivity index (χ2n) is 6.71. The van der Waals surface area contributed by atoms with Gasteiger partial charge >= 0.3 is 0 Å². The van der Waals surface area contributed by atoms with Crippen LogP contribution in [0.25, 0.3) is 0 Å². The van der Waals surface area contributed by atoms with E-state index in [4.69, 9.17) is 11.6 Å². The number of thiazole rings is 1. The van der Waals surface area contributed by atoms with Gasteiger partial charge in [-0.25, -0.2) is 9.97 Å². The topological polar surface area (TPSA) is 79.8 Å². The Morgan fingerprint density at radius 1 is 1.18 bits per heavy atom. The summed E-state index contributed by atoms with van der Waals surface area (Å²) in [5.41, 5.74) is 2.26. The molecule has 0 spiro atoms. The molecule has 1 aliphatic carbocycles. The monoisotopic (exact) mass is 415 g/mol. The van der Waals surface area contributed by atoms with Gasteiger partial charge in [0.2, 0.25) is 0 Å². The molecule has 0 aliphatic heterocycles. The number of amides is 1. The van der Waals surface area contributed by atoms with Crippen molar-refractivity contribution in [2.45, 2.75) is 33.6 Å². The van der Waals surface area contributed by atoms with Gasteiger partial charge in [-0.15, -0.1) is 0 Å². The van der Waals surface area contributed by atoms with Gasteiger partial charge < -0.3 is 10.6 Å². The SMILES string of the molecule is CC1CC1.Cc1cccc(Cl)c1NC(=O)c1cnc(Nc2nccnc2C)s1. The number of aryl methyl sites for hydroxylation is 2. The highest BCUT2D eigenvalue weighted by Crippen LogP contribution is 2.28. The number of nitrogens with zero attached hydrogens (tertiary/aromatic N) is 3. The van der Waals surface area contributed by atoms with Crippen LogP contribution < -0.4 is 10.6 Å². The van der Waals surface area contributed by atoms with Gasteiger partial charge in [-0.2, -0.15) is 0 Å². The first-order chi connectivity index (χ1) is 13.4. The van der Waals surface area contributed by atoms with E-state index in [0.717, 1.165) is 17.2 Å². The second kappa shape index (κ2) is 9.12. The number of hydrogen-bond donors (Lipinski definition) is 2. The summed E-state index contributed by atoms with van der Waals surface area (Å²) in [6, 6.07) is 5.46. The molecule has 8 heteroatoms. The maximum Gasteiger partial charge on any atom is 0.267 e. The molecule has 2 heterocycles. The first kappa shape index (κ1) is 20.2. The molecule has 3 aromatic rings. The normalized spacial score (nSPS) is 12.7. The van der Waals surface area contributed by atoms with E-state index in [1.54, 1.807) is 18.5 Å². The lowest BCUT2D eigenvalue weighted by atomic mass is 10.2. The van der Waals surface area contributed by atoms with Gasteiger partial charge in [-0.05, 0) is 31.4 Å². The summed E-state index contributed by atoms with van der Waals surface area (Å²) < 4.78 is 0. The molecule has 0 radical (unpaired) electrons. The Balaban J connectivity index is 0.000000500. The maximum atomic E-state index is 12.4. The van der Waals surface area contributed by atoms with Gasteiger partial charge in [0.25, 0.3) is 5.91 Å². The summed E-state index contributed by atoms with van der Waals surface area (Å²) in [4.78, 5) is 25.4. The third kappa shape index (κ3) is 5.50. The molecule has 1 aliphatic rings. The van der Waals surface area contributed by atoms with Gasteiger partial charge in [-0.3, -0.25) is 9.78 Å². The third-order valence-corrected chi connectivity index (χ3v) is 5.39. The van der Waals surface area contributed by atoms with Gasteiger partial charge in [0.05, 0.1) is 22.6 Å². The Hall–Kier alpha value is -2.51. The fourth-order valence-corrected chi connectivity index (χ4v) is 3.18. The first-order valence-electron chi connectivity index (χ1n) is 9.01. The number of nitrogens with one attached hydrogen (secondary N) is 2. The van der Waals surface area contributed by atoms with Gasteiger partial charge in [0.15, 0.2) is 10.9 Å². The molecule has 1 fully saturated rings. The lowest BCUT2D eigenvalue weighted by Gasteiger charge is -2.08. The number of benzene rings is 1. The van der Waals surface area contributed by atoms with Crippen molar-refractivity contribution >= 4 is 45.5 Å². The van der Waals surface area contributed by atoms with Crippen molar-refractivity contribution < 1.29 is 4.79 Å². The van der Waals surface area contributed by atoms with E-state index >= 15 is 0 Å². The quantitative estimate of drug-likeness (QED) is 0.578. The van der Waals surface area contributed by atoms with Crippen LogP contribution in [0.2, 0.25) is 5.02 Å². The summed E-state index contributed by atoms with van der Waals surface area (Å²) in [6.07, 6.45) is 7.70. The zero-order valence-corrected chi connectivity index (χ0v) is 17.6. The number of anilines is 3. The molecule has 1 saturated carbocycles. The molecule has 0 atom stereocenters. The number of carbonyl (C=O) groups is 1. The third-order valence-electron chi connectivity index (χ3n) is 4.16. The van der Waals surface area contributed by atoms with Crippen molar-refractivity contribution in [1.82, 2.24) is 15.0 Å². The Bertz CT molecular complexity index is 950. The summed E-state index contributed by atoms with van der Waals surface area (Å²) in [5.74, 6) is 1.44. The van der Waals surface area contributed by atoms with Gasteiger partial charge in [-0.1, -0.05) is 54.8 Å². The Morgan fingerprint density at radius 2 is 1.89 bits per heavy atom. The Morgan fingerprint density at radius 3 is 2.54 bits per heavy atom. The molecule has 28 heavy (non-hydrogen) atoms. The minimum atomic E-state index is -0.257. The van der Waals surface area contributed by atoms with Crippen molar-refractivity contribution in [1.29, 1.82) is 0 Å². The van der Waals surface area contributed by atoms with Crippen LogP contribution in [-0.4, -0.2) is 20.9 Å². The summed E-state index contributed by atoms with van der Waals surface area (Å²) in [5, 5.41) is 6.96. The zero-order valence-electron chi connectivity index (χ0n) is 16.0. The number of carbonyl (C=O) groups excluding carboxylic acids is 1. The summed E-state index contributed by atoms with van der Waals surface area (Å²) >= 11 is 7.37. The van der Waals surface area contributed by atoms with E-state index in [0.29, 0.717) is 26.5 Å². The Kier molecular flexibility index (Phi) is 6.59. The van der Waals surface area contributed by atoms with Crippen molar-refractivity contribution in [3.8, 4) is 0 Å². The standard InChI is InChI=1S/C16H14ClN5OS.C4H8/c1-9-4-3-5-11(17)13(9)21-15(23)12-8-20-16(24-12)22-14-10(2)18-6-7-19-14;1-4-2-3-4/h3-8H,1-2H3,(H,21,23)(H,19,20,22);4H,2-3H2,1H3. The fourth-order valence-electron chi connectivity index (χ4n) is 2.20. The van der Waals surface area contributed by atoms with Gasteiger partial charge in [0, 0.05) is 12.4 Å². The predicted octanol–water partition coefficient (Wildman–Crippen LogP) is 5.62. The lowest BCUT2D eigenvalue weighted by molar-refractivity contribution is 0.103. The number of hydrogen-bond acceptors (Lipinski definition) is 6. The molecular formula is C20H22ClN5OS. The largest absolute Gasteiger partial charge is 0.320 e. The number of para-hydroxylation sites is 1. The molecule has 6 nitrogen and oxygen atoms in total. The lowest BCUT2D eigenvalue weighted by Crippen LogP contribution is -2.11. The van der Waals surface area contributed by atoms with Crippen LogP contribution in [0.5, 0.6) is 0 Å². The van der Waals surface area contributed by atoms with E-state index < -0.39 is 0 Å². The van der Waals surface area contributed by atoms with Crippen LogP contribution >= 0.6 is 22.9 Å². The first-order valence-corrected chi connectivity index (χ1v) is 10.2. The molecular weight excluding hydrogens is 394 g/mol. The smallest absolute Gasteiger partial charge is 0.267 e. The van der Waals surface area contributed by atoms with E-state index in [1.807, 2.05) is 26.0 Å². The van der Waals surface area contributed by atoms with Crippen molar-refractivity contribution in [3.05, 3.63) is 57.9 Å². The minimum absolute atomic E-state index is 0.257. The molecule has 146 valence electrons. The molecule has 0 unspecified atom stereocenters. The highest BCUT2D eigenvalue weighted by molar-refractivity contribution is 7.17. The van der Waals surface area contributed by atoms with Crippen molar-refractivity contribution in [2.24, 2.45) is 5.92 Å². The molecule has 0 bridgehead atoms. The highest BCUT2D eigenvalue weighted by Gasteiger charge is 2.14. The van der Waals surface area contributed by atoms with Crippen LogP contribution in [0.15, 0.2) is 36.8 Å².